The smallest absolute Gasteiger partial charge is 0.244 e. The standard InChI is InChI=1S/C15H16N2O3S2/c1-22(19,20)10-13-4-2-12(3-5-13)8-17-15(18)7-6-14-9-16-11-21-14/h2-7,9,11H,8,10H2,1H3,(H,17,18)/b7-6+. The summed E-state index contributed by atoms with van der Waals surface area (Å²) in [5.74, 6) is -0.161. The van der Waals surface area contributed by atoms with E-state index in [1.165, 1.54) is 23.7 Å². The van der Waals surface area contributed by atoms with E-state index < -0.39 is 9.84 Å². The van der Waals surface area contributed by atoms with Gasteiger partial charge in [0.15, 0.2) is 9.84 Å². The Morgan fingerprint density at radius 2 is 1.95 bits per heavy atom. The van der Waals surface area contributed by atoms with Gasteiger partial charge in [-0.1, -0.05) is 24.3 Å². The Morgan fingerprint density at radius 1 is 1.27 bits per heavy atom. The first kappa shape index (κ1) is 16.4. The summed E-state index contributed by atoms with van der Waals surface area (Å²) in [6, 6.07) is 7.15. The van der Waals surface area contributed by atoms with E-state index in [4.69, 9.17) is 0 Å². The van der Waals surface area contributed by atoms with Crippen LogP contribution in [0.2, 0.25) is 0 Å². The molecule has 0 unspecified atom stereocenters. The fraction of sp³-hybridized carbons (Fsp3) is 0.200. The highest BCUT2D eigenvalue weighted by atomic mass is 32.2. The number of nitrogens with zero attached hydrogens (tertiary/aromatic N) is 1. The normalized spacial score (nSPS) is 11.7. The van der Waals surface area contributed by atoms with E-state index in [1.54, 1.807) is 29.9 Å². The Balaban J connectivity index is 1.85. The van der Waals surface area contributed by atoms with Crippen molar-refractivity contribution < 1.29 is 13.2 Å². The molecule has 1 amide bonds. The molecule has 0 radical (unpaired) electrons. The van der Waals surface area contributed by atoms with E-state index in [9.17, 15) is 13.2 Å². The number of benzene rings is 1. The van der Waals surface area contributed by atoms with Gasteiger partial charge < -0.3 is 5.32 Å². The van der Waals surface area contributed by atoms with E-state index in [1.807, 2.05) is 12.1 Å². The molecule has 2 aromatic rings. The van der Waals surface area contributed by atoms with Crippen LogP contribution >= 0.6 is 11.3 Å². The molecule has 0 fully saturated rings. The lowest BCUT2D eigenvalue weighted by Crippen LogP contribution is -2.20. The van der Waals surface area contributed by atoms with Crippen LogP contribution in [-0.4, -0.2) is 25.6 Å². The second-order valence-electron chi connectivity index (χ2n) is 4.84. The van der Waals surface area contributed by atoms with Crippen LogP contribution in [0.25, 0.3) is 6.08 Å². The van der Waals surface area contributed by atoms with Crippen LogP contribution in [0.3, 0.4) is 0 Å². The van der Waals surface area contributed by atoms with Crippen LogP contribution in [0.4, 0.5) is 0 Å². The molecule has 0 bridgehead atoms. The third kappa shape index (κ3) is 5.79. The minimum atomic E-state index is -3.03. The molecule has 0 saturated carbocycles. The maximum atomic E-state index is 11.7. The molecular formula is C15H16N2O3S2. The lowest BCUT2D eigenvalue weighted by Gasteiger charge is -2.04. The van der Waals surface area contributed by atoms with Gasteiger partial charge in [-0.25, -0.2) is 8.42 Å². The maximum absolute atomic E-state index is 11.7. The van der Waals surface area contributed by atoms with Gasteiger partial charge in [0, 0.05) is 30.0 Å². The SMILES string of the molecule is CS(=O)(=O)Cc1ccc(CNC(=O)/C=C/c2cncs2)cc1. The largest absolute Gasteiger partial charge is 0.348 e. The van der Waals surface area contributed by atoms with Gasteiger partial charge in [-0.2, -0.15) is 0 Å². The number of amides is 1. The summed E-state index contributed by atoms with van der Waals surface area (Å²) in [4.78, 5) is 16.5. The molecule has 1 N–H and O–H groups in total. The monoisotopic (exact) mass is 336 g/mol. The molecule has 116 valence electrons. The molecule has 1 aromatic heterocycles. The van der Waals surface area contributed by atoms with Crippen LogP contribution in [0, 0.1) is 0 Å². The third-order valence-electron chi connectivity index (χ3n) is 2.77. The van der Waals surface area contributed by atoms with Crippen molar-refractivity contribution in [1.82, 2.24) is 10.3 Å². The molecule has 0 aliphatic rings. The first-order valence-corrected chi connectivity index (χ1v) is 9.46. The topological polar surface area (TPSA) is 76.1 Å². The lowest BCUT2D eigenvalue weighted by molar-refractivity contribution is -0.116. The number of rotatable bonds is 6. The van der Waals surface area contributed by atoms with Crippen molar-refractivity contribution in [1.29, 1.82) is 0 Å². The van der Waals surface area contributed by atoms with E-state index in [-0.39, 0.29) is 11.7 Å². The van der Waals surface area contributed by atoms with E-state index in [0.717, 1.165) is 16.0 Å². The molecule has 0 aliphatic carbocycles. The lowest BCUT2D eigenvalue weighted by atomic mass is 10.1. The summed E-state index contributed by atoms with van der Waals surface area (Å²) in [6.07, 6.45) is 6.07. The van der Waals surface area contributed by atoms with Crippen molar-refractivity contribution in [3.63, 3.8) is 0 Å². The predicted octanol–water partition coefficient (Wildman–Crippen LogP) is 2.02. The van der Waals surface area contributed by atoms with Crippen molar-refractivity contribution in [2.45, 2.75) is 12.3 Å². The van der Waals surface area contributed by atoms with Crippen molar-refractivity contribution in [2.75, 3.05) is 6.26 Å². The van der Waals surface area contributed by atoms with Crippen molar-refractivity contribution in [3.8, 4) is 0 Å². The number of nitrogens with one attached hydrogen (secondary N) is 1. The zero-order chi connectivity index (χ0) is 16.0. The average Bonchev–Trinajstić information content (AvgIpc) is 2.96. The zero-order valence-electron chi connectivity index (χ0n) is 12.0. The Labute approximate surface area is 133 Å². The number of hydrogen-bond donors (Lipinski definition) is 1. The number of hydrogen-bond acceptors (Lipinski definition) is 5. The van der Waals surface area contributed by atoms with E-state index >= 15 is 0 Å². The average molecular weight is 336 g/mol. The van der Waals surface area contributed by atoms with Gasteiger partial charge in [0.1, 0.15) is 0 Å². The molecule has 7 heteroatoms. The predicted molar refractivity (Wildman–Crippen MR) is 88.0 cm³/mol. The Kier molecular flexibility index (Phi) is 5.46. The van der Waals surface area contributed by atoms with E-state index in [2.05, 4.69) is 10.3 Å². The quantitative estimate of drug-likeness (QED) is 0.819. The van der Waals surface area contributed by atoms with Crippen molar-refractivity contribution in [2.24, 2.45) is 0 Å². The Hall–Kier alpha value is -1.99. The van der Waals surface area contributed by atoms with E-state index in [0.29, 0.717) is 6.54 Å². The highest BCUT2D eigenvalue weighted by molar-refractivity contribution is 7.89. The Morgan fingerprint density at radius 3 is 2.55 bits per heavy atom. The van der Waals surface area contributed by atoms with Crippen LogP contribution in [0.1, 0.15) is 16.0 Å². The summed E-state index contributed by atoms with van der Waals surface area (Å²) in [6.45, 7) is 0.394. The molecule has 0 aliphatic heterocycles. The molecule has 22 heavy (non-hydrogen) atoms. The van der Waals surface area contributed by atoms with Crippen molar-refractivity contribution in [3.05, 3.63) is 58.1 Å². The number of carbonyl (C=O) groups excluding carboxylic acids is 1. The number of sulfone groups is 1. The third-order valence-corrected chi connectivity index (χ3v) is 4.37. The minimum Gasteiger partial charge on any atom is -0.348 e. The van der Waals surface area contributed by atoms with Gasteiger partial charge in [-0.05, 0) is 17.2 Å². The highest BCUT2D eigenvalue weighted by Crippen LogP contribution is 2.09. The Bertz CT molecular complexity index is 749. The van der Waals surface area contributed by atoms with Gasteiger partial charge in [-0.3, -0.25) is 9.78 Å². The fourth-order valence-corrected chi connectivity index (χ4v) is 3.08. The zero-order valence-corrected chi connectivity index (χ0v) is 13.7. The second-order valence-corrected chi connectivity index (χ2v) is 7.90. The molecule has 5 nitrogen and oxygen atoms in total. The number of aromatic nitrogens is 1. The first-order valence-electron chi connectivity index (χ1n) is 6.52. The molecule has 1 heterocycles. The maximum Gasteiger partial charge on any atom is 0.244 e. The minimum absolute atomic E-state index is 0.0250. The van der Waals surface area contributed by atoms with Gasteiger partial charge in [0.25, 0.3) is 0 Å². The molecule has 0 saturated heterocycles. The van der Waals surface area contributed by atoms with Crippen LogP contribution in [0.5, 0.6) is 0 Å². The molecule has 1 aromatic carbocycles. The molecule has 2 rings (SSSR count). The van der Waals surface area contributed by atoms with Gasteiger partial charge in [0.05, 0.1) is 11.3 Å². The number of carbonyl (C=O) groups is 1. The number of thiazole rings is 1. The second kappa shape index (κ2) is 7.33. The summed E-state index contributed by atoms with van der Waals surface area (Å²) < 4.78 is 22.4. The van der Waals surface area contributed by atoms with Crippen LogP contribution < -0.4 is 5.32 Å². The molecular weight excluding hydrogens is 320 g/mol. The molecule has 0 atom stereocenters. The fourth-order valence-electron chi connectivity index (χ4n) is 1.77. The van der Waals surface area contributed by atoms with Gasteiger partial charge in [-0.15, -0.1) is 11.3 Å². The van der Waals surface area contributed by atoms with Gasteiger partial charge in [0.2, 0.25) is 5.91 Å². The van der Waals surface area contributed by atoms with Crippen LogP contribution in [0.15, 0.2) is 42.0 Å². The molecule has 0 spiro atoms. The van der Waals surface area contributed by atoms with Gasteiger partial charge >= 0.3 is 0 Å². The van der Waals surface area contributed by atoms with Crippen molar-refractivity contribution >= 4 is 33.2 Å². The summed E-state index contributed by atoms with van der Waals surface area (Å²) in [5, 5.41) is 2.77. The highest BCUT2D eigenvalue weighted by Gasteiger charge is 2.04. The summed E-state index contributed by atoms with van der Waals surface area (Å²) in [7, 11) is -3.03. The summed E-state index contributed by atoms with van der Waals surface area (Å²) >= 11 is 1.46. The first-order chi connectivity index (χ1) is 10.4. The van der Waals surface area contributed by atoms with Crippen LogP contribution in [-0.2, 0) is 26.9 Å². The summed E-state index contributed by atoms with van der Waals surface area (Å²) in [5.41, 5.74) is 3.36.